The number of ether oxygens (including phenoxy) is 1. The Bertz CT molecular complexity index is 508. The molecule has 1 heterocycles. The SMILES string of the molecule is Cc1cccc(C)c1OCC(=O)NC1CCN(C)C1=O. The molecule has 1 aromatic rings. The molecule has 20 heavy (non-hydrogen) atoms. The van der Waals surface area contributed by atoms with E-state index in [4.69, 9.17) is 4.74 Å². The Morgan fingerprint density at radius 2 is 2.05 bits per heavy atom. The van der Waals surface area contributed by atoms with Crippen molar-refractivity contribution in [2.45, 2.75) is 26.3 Å². The van der Waals surface area contributed by atoms with Gasteiger partial charge in [0, 0.05) is 13.6 Å². The molecular weight excluding hydrogens is 256 g/mol. The number of aryl methyl sites for hydroxylation is 2. The molecule has 1 atom stereocenters. The number of likely N-dealkylation sites (N-methyl/N-ethyl adjacent to an activating group) is 1. The normalized spacial score (nSPS) is 18.2. The summed E-state index contributed by atoms with van der Waals surface area (Å²) in [6.07, 6.45) is 0.657. The number of rotatable bonds is 4. The van der Waals surface area contributed by atoms with Crippen molar-refractivity contribution in [2.75, 3.05) is 20.2 Å². The summed E-state index contributed by atoms with van der Waals surface area (Å²) in [7, 11) is 1.74. The van der Waals surface area contributed by atoms with Crippen LogP contribution in [0.25, 0.3) is 0 Å². The van der Waals surface area contributed by atoms with Crippen LogP contribution in [0.1, 0.15) is 17.5 Å². The molecule has 5 heteroatoms. The fraction of sp³-hybridized carbons (Fsp3) is 0.467. The van der Waals surface area contributed by atoms with Gasteiger partial charge in [0.25, 0.3) is 5.91 Å². The van der Waals surface area contributed by atoms with Gasteiger partial charge in [0.2, 0.25) is 5.91 Å². The standard InChI is InChI=1S/C15H20N2O3/c1-10-5-4-6-11(2)14(10)20-9-13(18)16-12-7-8-17(3)15(12)19/h4-6,12H,7-9H2,1-3H3,(H,16,18). The fourth-order valence-electron chi connectivity index (χ4n) is 2.36. The Morgan fingerprint density at radius 3 is 2.60 bits per heavy atom. The van der Waals surface area contributed by atoms with E-state index in [0.29, 0.717) is 13.0 Å². The van der Waals surface area contributed by atoms with E-state index in [0.717, 1.165) is 16.9 Å². The van der Waals surface area contributed by atoms with Crippen LogP contribution in [-0.4, -0.2) is 43.0 Å². The summed E-state index contributed by atoms with van der Waals surface area (Å²) in [6.45, 7) is 4.49. The van der Waals surface area contributed by atoms with Crippen LogP contribution in [-0.2, 0) is 9.59 Å². The third-order valence-corrected chi connectivity index (χ3v) is 3.52. The molecule has 0 radical (unpaired) electrons. The number of amides is 2. The van der Waals surface area contributed by atoms with Crippen LogP contribution in [0.5, 0.6) is 5.75 Å². The second-order valence-corrected chi connectivity index (χ2v) is 5.18. The molecule has 0 aliphatic carbocycles. The maximum Gasteiger partial charge on any atom is 0.258 e. The topological polar surface area (TPSA) is 58.6 Å². The highest BCUT2D eigenvalue weighted by molar-refractivity contribution is 5.89. The molecule has 1 aliphatic heterocycles. The zero-order valence-corrected chi connectivity index (χ0v) is 12.1. The maximum atomic E-state index is 11.8. The lowest BCUT2D eigenvalue weighted by Crippen LogP contribution is -2.42. The number of benzene rings is 1. The zero-order chi connectivity index (χ0) is 14.7. The van der Waals surface area contributed by atoms with Gasteiger partial charge in [0.05, 0.1) is 0 Å². The highest BCUT2D eigenvalue weighted by Gasteiger charge is 2.30. The van der Waals surface area contributed by atoms with Gasteiger partial charge in [0.1, 0.15) is 11.8 Å². The first-order valence-electron chi connectivity index (χ1n) is 6.72. The van der Waals surface area contributed by atoms with Crippen LogP contribution in [0.2, 0.25) is 0 Å². The molecule has 1 unspecified atom stereocenters. The van der Waals surface area contributed by atoms with E-state index in [1.807, 2.05) is 32.0 Å². The summed E-state index contributed by atoms with van der Waals surface area (Å²) in [5.41, 5.74) is 1.99. The van der Waals surface area contributed by atoms with E-state index in [2.05, 4.69) is 5.32 Å². The second kappa shape index (κ2) is 5.94. The van der Waals surface area contributed by atoms with E-state index in [9.17, 15) is 9.59 Å². The molecule has 1 aliphatic rings. The minimum absolute atomic E-state index is 0.0366. The molecule has 1 aromatic carbocycles. The molecule has 1 saturated heterocycles. The zero-order valence-electron chi connectivity index (χ0n) is 12.1. The van der Waals surface area contributed by atoms with Gasteiger partial charge < -0.3 is 15.0 Å². The number of carbonyl (C=O) groups excluding carboxylic acids is 2. The van der Waals surface area contributed by atoms with Crippen molar-refractivity contribution in [1.82, 2.24) is 10.2 Å². The van der Waals surface area contributed by atoms with Crippen molar-refractivity contribution in [2.24, 2.45) is 0 Å². The van der Waals surface area contributed by atoms with Crippen molar-refractivity contribution in [3.05, 3.63) is 29.3 Å². The first kappa shape index (κ1) is 14.4. The van der Waals surface area contributed by atoms with Gasteiger partial charge in [0.15, 0.2) is 6.61 Å². The second-order valence-electron chi connectivity index (χ2n) is 5.18. The fourth-order valence-corrected chi connectivity index (χ4v) is 2.36. The summed E-state index contributed by atoms with van der Waals surface area (Å²) in [5, 5.41) is 2.71. The maximum absolute atomic E-state index is 11.8. The average Bonchev–Trinajstić information content (AvgIpc) is 2.70. The lowest BCUT2D eigenvalue weighted by atomic mass is 10.1. The average molecular weight is 276 g/mol. The molecule has 1 fully saturated rings. The third kappa shape index (κ3) is 3.10. The van der Waals surface area contributed by atoms with E-state index in [1.165, 1.54) is 0 Å². The van der Waals surface area contributed by atoms with Crippen LogP contribution in [0.4, 0.5) is 0 Å². The quantitative estimate of drug-likeness (QED) is 0.893. The van der Waals surface area contributed by atoms with Crippen molar-refractivity contribution in [3.8, 4) is 5.75 Å². The van der Waals surface area contributed by atoms with E-state index < -0.39 is 6.04 Å². The van der Waals surface area contributed by atoms with Gasteiger partial charge in [-0.2, -0.15) is 0 Å². The third-order valence-electron chi connectivity index (χ3n) is 3.52. The Hall–Kier alpha value is -2.04. The molecule has 0 aromatic heterocycles. The first-order chi connectivity index (χ1) is 9.49. The predicted octanol–water partition coefficient (Wildman–Crippen LogP) is 1.03. The molecule has 2 amide bonds. The van der Waals surface area contributed by atoms with Crippen molar-refractivity contribution < 1.29 is 14.3 Å². The van der Waals surface area contributed by atoms with Gasteiger partial charge >= 0.3 is 0 Å². The van der Waals surface area contributed by atoms with E-state index >= 15 is 0 Å². The summed E-state index contributed by atoms with van der Waals surface area (Å²) < 4.78 is 5.56. The Morgan fingerprint density at radius 1 is 1.40 bits per heavy atom. The molecule has 2 rings (SSSR count). The molecule has 108 valence electrons. The lowest BCUT2D eigenvalue weighted by Gasteiger charge is -2.14. The van der Waals surface area contributed by atoms with Crippen molar-refractivity contribution >= 4 is 11.8 Å². The van der Waals surface area contributed by atoms with Crippen LogP contribution in [0, 0.1) is 13.8 Å². The highest BCUT2D eigenvalue weighted by Crippen LogP contribution is 2.22. The summed E-state index contributed by atoms with van der Waals surface area (Å²) >= 11 is 0. The number of para-hydroxylation sites is 1. The summed E-state index contributed by atoms with van der Waals surface area (Å²) in [4.78, 5) is 25.2. The van der Waals surface area contributed by atoms with Crippen LogP contribution in [0.3, 0.4) is 0 Å². The molecule has 0 spiro atoms. The minimum atomic E-state index is -0.408. The Labute approximate surface area is 118 Å². The number of nitrogens with one attached hydrogen (secondary N) is 1. The van der Waals surface area contributed by atoms with E-state index in [-0.39, 0.29) is 18.4 Å². The number of nitrogens with zero attached hydrogens (tertiary/aromatic N) is 1. The van der Waals surface area contributed by atoms with Gasteiger partial charge in [-0.15, -0.1) is 0 Å². The molecular formula is C15H20N2O3. The molecule has 5 nitrogen and oxygen atoms in total. The smallest absolute Gasteiger partial charge is 0.258 e. The van der Waals surface area contributed by atoms with Crippen LogP contribution in [0.15, 0.2) is 18.2 Å². The summed E-state index contributed by atoms with van der Waals surface area (Å²) in [6, 6.07) is 5.42. The van der Waals surface area contributed by atoms with Crippen molar-refractivity contribution in [3.63, 3.8) is 0 Å². The number of hydrogen-bond acceptors (Lipinski definition) is 3. The first-order valence-corrected chi connectivity index (χ1v) is 6.72. The number of likely N-dealkylation sites (tertiary alicyclic amines) is 1. The Balaban J connectivity index is 1.88. The van der Waals surface area contributed by atoms with Crippen LogP contribution < -0.4 is 10.1 Å². The predicted molar refractivity (Wildman–Crippen MR) is 75.6 cm³/mol. The van der Waals surface area contributed by atoms with E-state index in [1.54, 1.807) is 11.9 Å². The summed E-state index contributed by atoms with van der Waals surface area (Å²) in [5.74, 6) is 0.434. The molecule has 0 saturated carbocycles. The van der Waals surface area contributed by atoms with Crippen LogP contribution >= 0.6 is 0 Å². The number of carbonyl (C=O) groups is 2. The van der Waals surface area contributed by atoms with Gasteiger partial charge in [-0.1, -0.05) is 18.2 Å². The Kier molecular flexibility index (Phi) is 4.27. The monoisotopic (exact) mass is 276 g/mol. The molecule has 1 N–H and O–H groups in total. The largest absolute Gasteiger partial charge is 0.483 e. The van der Waals surface area contributed by atoms with Gasteiger partial charge in [-0.25, -0.2) is 0 Å². The van der Waals surface area contributed by atoms with Crippen molar-refractivity contribution in [1.29, 1.82) is 0 Å². The number of hydrogen-bond donors (Lipinski definition) is 1. The van der Waals surface area contributed by atoms with Gasteiger partial charge in [-0.3, -0.25) is 9.59 Å². The van der Waals surface area contributed by atoms with Gasteiger partial charge in [-0.05, 0) is 31.4 Å². The molecule has 0 bridgehead atoms. The highest BCUT2D eigenvalue weighted by atomic mass is 16.5. The lowest BCUT2D eigenvalue weighted by molar-refractivity contribution is -0.132. The minimum Gasteiger partial charge on any atom is -0.483 e.